The molecule has 1 aromatic heterocycles. The summed E-state index contributed by atoms with van der Waals surface area (Å²) in [5.41, 5.74) is 1.36. The lowest BCUT2D eigenvalue weighted by atomic mass is 10.1. The van der Waals surface area contributed by atoms with Crippen LogP contribution in [0.5, 0.6) is 0 Å². The van der Waals surface area contributed by atoms with Crippen molar-refractivity contribution in [3.05, 3.63) is 57.0 Å². The Morgan fingerprint density at radius 3 is 2.50 bits per heavy atom. The van der Waals surface area contributed by atoms with Gasteiger partial charge in [-0.1, -0.05) is 23.7 Å². The van der Waals surface area contributed by atoms with Crippen LogP contribution in [0, 0.1) is 0 Å². The number of halogens is 1. The van der Waals surface area contributed by atoms with Gasteiger partial charge in [-0.3, -0.25) is 9.59 Å². The Balaban J connectivity index is 1.66. The molecule has 1 fully saturated rings. The molecular weight excluding hydrogens is 352 g/mol. The smallest absolute Gasteiger partial charge is 0.288 e. The number of nitrogens with one attached hydrogen (secondary N) is 2. The van der Waals surface area contributed by atoms with Crippen LogP contribution in [0.4, 0.5) is 5.69 Å². The normalized spacial score (nSPS) is 14.2. The summed E-state index contributed by atoms with van der Waals surface area (Å²) in [4.78, 5) is 24.3. The van der Waals surface area contributed by atoms with Crippen molar-refractivity contribution in [2.75, 3.05) is 5.32 Å². The van der Waals surface area contributed by atoms with E-state index in [2.05, 4.69) is 15.7 Å². The predicted octanol–water partition coefficient (Wildman–Crippen LogP) is 3.16. The Kier molecular flexibility index (Phi) is 5.05. The molecule has 138 valence electrons. The number of aromatic nitrogens is 2. The van der Waals surface area contributed by atoms with Gasteiger partial charge in [0.1, 0.15) is 5.02 Å². The minimum Gasteiger partial charge on any atom is -0.378 e. The molecule has 0 aliphatic heterocycles. The van der Waals surface area contributed by atoms with Crippen molar-refractivity contribution in [2.24, 2.45) is 0 Å². The summed E-state index contributed by atoms with van der Waals surface area (Å²) in [5.74, 6) is -0.0370. The van der Waals surface area contributed by atoms with Gasteiger partial charge in [0.15, 0.2) is 0 Å². The molecule has 1 aliphatic rings. The van der Waals surface area contributed by atoms with Crippen LogP contribution in [-0.2, 0) is 12.1 Å². The second kappa shape index (κ2) is 7.11. The van der Waals surface area contributed by atoms with E-state index in [4.69, 9.17) is 11.6 Å². The van der Waals surface area contributed by atoms with Gasteiger partial charge >= 0.3 is 0 Å². The molecule has 0 unspecified atom stereocenters. The number of benzene rings is 1. The molecule has 26 heavy (non-hydrogen) atoms. The van der Waals surface area contributed by atoms with Gasteiger partial charge in [0.05, 0.1) is 17.4 Å². The minimum atomic E-state index is -0.434. The summed E-state index contributed by atoms with van der Waals surface area (Å²) in [6, 6.07) is 7.70. The zero-order chi connectivity index (χ0) is 18.9. The Hall–Kier alpha value is -2.34. The Labute approximate surface area is 157 Å². The van der Waals surface area contributed by atoms with Crippen LogP contribution in [0.1, 0.15) is 49.5 Å². The molecule has 1 saturated carbocycles. The van der Waals surface area contributed by atoms with E-state index in [1.807, 2.05) is 32.9 Å². The van der Waals surface area contributed by atoms with Gasteiger partial charge in [-0.25, -0.2) is 4.68 Å². The third kappa shape index (κ3) is 4.25. The van der Waals surface area contributed by atoms with Crippen molar-refractivity contribution in [3.63, 3.8) is 0 Å². The van der Waals surface area contributed by atoms with E-state index >= 15 is 0 Å². The maximum Gasteiger partial charge on any atom is 0.288 e. The summed E-state index contributed by atoms with van der Waals surface area (Å²) in [7, 11) is 0. The van der Waals surface area contributed by atoms with Crippen LogP contribution in [0.15, 0.2) is 35.3 Å². The molecule has 1 aliphatic carbocycles. The number of amides is 1. The maximum atomic E-state index is 12.3. The highest BCUT2D eigenvalue weighted by Crippen LogP contribution is 2.20. The van der Waals surface area contributed by atoms with Crippen molar-refractivity contribution >= 4 is 23.2 Å². The second-order valence-electron chi connectivity index (χ2n) is 7.56. The van der Waals surface area contributed by atoms with Crippen LogP contribution >= 0.6 is 11.6 Å². The van der Waals surface area contributed by atoms with Crippen LogP contribution in [0.25, 0.3) is 0 Å². The zero-order valence-corrected chi connectivity index (χ0v) is 15.9. The van der Waals surface area contributed by atoms with Crippen LogP contribution in [0.3, 0.4) is 0 Å². The van der Waals surface area contributed by atoms with Gasteiger partial charge in [0, 0.05) is 18.2 Å². The first-order chi connectivity index (χ1) is 12.3. The fraction of sp³-hybridized carbons (Fsp3) is 0.421. The van der Waals surface area contributed by atoms with Gasteiger partial charge in [0.2, 0.25) is 0 Å². The Morgan fingerprint density at radius 2 is 1.92 bits per heavy atom. The first kappa shape index (κ1) is 18.5. The molecule has 1 heterocycles. The molecular formula is C19H23ClN4O2. The molecule has 2 N–H and O–H groups in total. The average Bonchev–Trinajstić information content (AvgIpc) is 3.39. The zero-order valence-electron chi connectivity index (χ0n) is 15.2. The van der Waals surface area contributed by atoms with Gasteiger partial charge in [0.25, 0.3) is 11.5 Å². The fourth-order valence-electron chi connectivity index (χ4n) is 2.50. The SMILES string of the molecule is CC(C)(C)n1ncc(NCc2ccc(C(=O)NC3CC3)cc2)c(Cl)c1=O. The third-order valence-electron chi connectivity index (χ3n) is 4.17. The summed E-state index contributed by atoms with van der Waals surface area (Å²) in [6.07, 6.45) is 3.69. The highest BCUT2D eigenvalue weighted by molar-refractivity contribution is 6.32. The van der Waals surface area contributed by atoms with Crippen molar-refractivity contribution in [1.29, 1.82) is 0 Å². The van der Waals surface area contributed by atoms with E-state index in [0.717, 1.165) is 18.4 Å². The van der Waals surface area contributed by atoms with Crippen molar-refractivity contribution in [2.45, 2.75) is 51.7 Å². The van der Waals surface area contributed by atoms with Gasteiger partial charge in [-0.2, -0.15) is 5.10 Å². The number of anilines is 1. The number of carbonyl (C=O) groups excluding carboxylic acids is 1. The standard InChI is InChI=1S/C19H23ClN4O2/c1-19(2,3)24-18(26)16(20)15(11-22-24)21-10-12-4-6-13(7-5-12)17(25)23-14-8-9-14/h4-7,11,14,21H,8-10H2,1-3H3,(H,23,25). The molecule has 0 spiro atoms. The van der Waals surface area contributed by atoms with Crippen molar-refractivity contribution in [1.82, 2.24) is 15.1 Å². The first-order valence-electron chi connectivity index (χ1n) is 8.67. The molecule has 1 aromatic carbocycles. The molecule has 1 amide bonds. The first-order valence-corrected chi connectivity index (χ1v) is 9.05. The number of hydrogen-bond acceptors (Lipinski definition) is 4. The Morgan fingerprint density at radius 1 is 1.27 bits per heavy atom. The van der Waals surface area contributed by atoms with Gasteiger partial charge in [-0.15, -0.1) is 0 Å². The molecule has 0 saturated heterocycles. The van der Waals surface area contributed by atoms with Crippen LogP contribution < -0.4 is 16.2 Å². The summed E-state index contributed by atoms with van der Waals surface area (Å²) in [6.45, 7) is 6.16. The maximum absolute atomic E-state index is 12.3. The second-order valence-corrected chi connectivity index (χ2v) is 7.94. The molecule has 0 radical (unpaired) electrons. The summed E-state index contributed by atoms with van der Waals surface area (Å²) < 4.78 is 1.37. The van der Waals surface area contributed by atoms with E-state index in [0.29, 0.717) is 23.8 Å². The lowest BCUT2D eigenvalue weighted by Gasteiger charge is -2.21. The molecule has 6 nitrogen and oxygen atoms in total. The topological polar surface area (TPSA) is 76.0 Å². The number of carbonyl (C=O) groups is 1. The van der Waals surface area contributed by atoms with Gasteiger partial charge in [-0.05, 0) is 51.3 Å². The quantitative estimate of drug-likeness (QED) is 0.842. The predicted molar refractivity (Wildman–Crippen MR) is 103 cm³/mol. The summed E-state index contributed by atoms with van der Waals surface area (Å²) >= 11 is 6.20. The fourth-order valence-corrected chi connectivity index (χ4v) is 2.70. The van der Waals surface area contributed by atoms with Crippen molar-refractivity contribution in [3.8, 4) is 0 Å². The third-order valence-corrected chi connectivity index (χ3v) is 4.53. The van der Waals surface area contributed by atoms with Crippen LogP contribution in [-0.4, -0.2) is 21.7 Å². The van der Waals surface area contributed by atoms with E-state index < -0.39 is 5.54 Å². The minimum absolute atomic E-state index is 0.0370. The Bertz CT molecular complexity index is 865. The molecule has 3 rings (SSSR count). The van der Waals surface area contributed by atoms with Gasteiger partial charge < -0.3 is 10.6 Å². The molecule has 2 aromatic rings. The lowest BCUT2D eigenvalue weighted by Crippen LogP contribution is -2.36. The van der Waals surface area contributed by atoms with Crippen molar-refractivity contribution < 1.29 is 4.79 Å². The number of rotatable bonds is 5. The lowest BCUT2D eigenvalue weighted by molar-refractivity contribution is 0.0951. The highest BCUT2D eigenvalue weighted by Gasteiger charge is 2.23. The highest BCUT2D eigenvalue weighted by atomic mass is 35.5. The van der Waals surface area contributed by atoms with E-state index in [1.54, 1.807) is 18.3 Å². The van der Waals surface area contributed by atoms with E-state index in [1.165, 1.54) is 4.68 Å². The average molecular weight is 375 g/mol. The number of hydrogen-bond donors (Lipinski definition) is 2. The molecule has 7 heteroatoms. The number of nitrogens with zero attached hydrogens (tertiary/aromatic N) is 2. The molecule has 0 bridgehead atoms. The summed E-state index contributed by atoms with van der Waals surface area (Å²) in [5, 5.41) is 10.4. The molecule has 0 atom stereocenters. The monoisotopic (exact) mass is 374 g/mol. The van der Waals surface area contributed by atoms with E-state index in [9.17, 15) is 9.59 Å². The largest absolute Gasteiger partial charge is 0.378 e. The van der Waals surface area contributed by atoms with E-state index in [-0.39, 0.29) is 16.5 Å². The van der Waals surface area contributed by atoms with Crippen LogP contribution in [0.2, 0.25) is 5.02 Å².